The van der Waals surface area contributed by atoms with E-state index in [1.165, 1.54) is 6.92 Å². The van der Waals surface area contributed by atoms with Crippen LogP contribution in [0.3, 0.4) is 0 Å². The van der Waals surface area contributed by atoms with Crippen molar-refractivity contribution in [2.75, 3.05) is 0 Å². The summed E-state index contributed by atoms with van der Waals surface area (Å²) in [6.07, 6.45) is 1.16. The van der Waals surface area contributed by atoms with Gasteiger partial charge < -0.3 is 0 Å². The number of halogens is 1. The fourth-order valence-corrected chi connectivity index (χ4v) is 1.60. The second-order valence-electron chi connectivity index (χ2n) is 3.21. The zero-order valence-electron chi connectivity index (χ0n) is 8.37. The van der Waals surface area contributed by atoms with Crippen LogP contribution in [0.5, 0.6) is 0 Å². The van der Waals surface area contributed by atoms with Crippen LogP contribution in [0.2, 0.25) is 5.02 Å². The zero-order valence-corrected chi connectivity index (χ0v) is 9.12. The summed E-state index contributed by atoms with van der Waals surface area (Å²) < 4.78 is 0. The first-order chi connectivity index (χ1) is 7.06. The largest absolute Gasteiger partial charge is 0.299 e. The first kappa shape index (κ1) is 11.7. The number of hydrogen-bond donors (Lipinski definition) is 0. The quantitative estimate of drug-likeness (QED) is 0.580. The van der Waals surface area contributed by atoms with Gasteiger partial charge in [-0.1, -0.05) is 30.3 Å². The second-order valence-corrected chi connectivity index (χ2v) is 3.64. The Bertz CT molecular complexity index is 410. The number of rotatable bonds is 4. The molecule has 0 aliphatic rings. The number of carbonyl (C=O) groups excluding carboxylic acids is 2. The summed E-state index contributed by atoms with van der Waals surface area (Å²) >= 11 is 5.79. The van der Waals surface area contributed by atoms with Crippen molar-refractivity contribution in [2.24, 2.45) is 0 Å². The van der Waals surface area contributed by atoms with Crippen LogP contribution in [0, 0.1) is 0 Å². The molecular weight excluding hydrogens is 212 g/mol. The average Bonchev–Trinajstić information content (AvgIpc) is 2.17. The lowest BCUT2D eigenvalue weighted by atomic mass is 9.91. The molecule has 0 aliphatic heterocycles. The fourth-order valence-electron chi connectivity index (χ4n) is 1.40. The minimum Gasteiger partial charge on any atom is -0.299 e. The van der Waals surface area contributed by atoms with Gasteiger partial charge in [0.05, 0.1) is 0 Å². The molecular formula is C12H11ClO2. The van der Waals surface area contributed by atoms with Crippen molar-refractivity contribution < 1.29 is 9.59 Å². The van der Waals surface area contributed by atoms with Crippen molar-refractivity contribution in [1.29, 1.82) is 0 Å². The minimum absolute atomic E-state index is 0.206. The van der Waals surface area contributed by atoms with Gasteiger partial charge in [0.25, 0.3) is 0 Å². The van der Waals surface area contributed by atoms with Crippen LogP contribution in [0.1, 0.15) is 18.4 Å². The van der Waals surface area contributed by atoms with Gasteiger partial charge in [0.2, 0.25) is 0 Å². The summed E-state index contributed by atoms with van der Waals surface area (Å²) in [5.74, 6) is -1.28. The molecule has 0 aromatic heterocycles. The van der Waals surface area contributed by atoms with E-state index >= 15 is 0 Å². The van der Waals surface area contributed by atoms with Crippen molar-refractivity contribution >= 4 is 23.2 Å². The van der Waals surface area contributed by atoms with Gasteiger partial charge in [-0.15, -0.1) is 0 Å². The van der Waals surface area contributed by atoms with Gasteiger partial charge in [0, 0.05) is 5.02 Å². The molecule has 1 aromatic carbocycles. The second kappa shape index (κ2) is 4.89. The maximum atomic E-state index is 11.5. The molecule has 0 saturated heterocycles. The molecule has 0 heterocycles. The van der Waals surface area contributed by atoms with E-state index in [1.54, 1.807) is 24.3 Å². The fraction of sp³-hybridized carbons (Fsp3) is 0.167. The van der Waals surface area contributed by atoms with Gasteiger partial charge in [-0.2, -0.15) is 0 Å². The van der Waals surface area contributed by atoms with Crippen LogP contribution < -0.4 is 0 Å². The Kier molecular flexibility index (Phi) is 3.81. The molecule has 0 spiro atoms. The molecule has 1 atom stereocenters. The molecule has 1 unspecified atom stereocenters. The number of hydrogen-bond acceptors (Lipinski definition) is 2. The normalized spacial score (nSPS) is 11.9. The topological polar surface area (TPSA) is 34.1 Å². The number of Topliss-reactive ketones (excluding diaryl/α,β-unsaturated/α-hetero) is 1. The highest BCUT2D eigenvalue weighted by Gasteiger charge is 2.22. The van der Waals surface area contributed by atoms with Crippen molar-refractivity contribution in [3.63, 3.8) is 0 Å². The Morgan fingerprint density at radius 3 is 2.60 bits per heavy atom. The molecule has 15 heavy (non-hydrogen) atoms. The Morgan fingerprint density at radius 1 is 1.47 bits per heavy atom. The Labute approximate surface area is 93.6 Å². The maximum absolute atomic E-state index is 11.5. The highest BCUT2D eigenvalue weighted by atomic mass is 35.5. The molecule has 0 N–H and O–H groups in total. The molecule has 78 valence electrons. The van der Waals surface area contributed by atoms with E-state index in [4.69, 9.17) is 11.6 Å². The van der Waals surface area contributed by atoms with Crippen LogP contribution in [0.4, 0.5) is 0 Å². The summed E-state index contributed by atoms with van der Waals surface area (Å²) in [6.45, 7) is 4.76. The summed E-state index contributed by atoms with van der Waals surface area (Å²) in [5, 5.41) is 0.510. The van der Waals surface area contributed by atoms with Gasteiger partial charge in [-0.05, 0) is 30.7 Å². The van der Waals surface area contributed by atoms with Crippen LogP contribution in [0.15, 0.2) is 36.9 Å². The van der Waals surface area contributed by atoms with E-state index < -0.39 is 5.92 Å². The predicted molar refractivity (Wildman–Crippen MR) is 60.1 cm³/mol. The van der Waals surface area contributed by atoms with Gasteiger partial charge in [-0.25, -0.2) is 0 Å². The lowest BCUT2D eigenvalue weighted by Gasteiger charge is -2.10. The third-order valence-corrected chi connectivity index (χ3v) is 2.31. The Balaban J connectivity index is 3.15. The summed E-state index contributed by atoms with van der Waals surface area (Å²) in [7, 11) is 0. The third kappa shape index (κ3) is 2.77. The monoisotopic (exact) mass is 222 g/mol. The molecule has 0 amide bonds. The van der Waals surface area contributed by atoms with Crippen LogP contribution in [-0.4, -0.2) is 11.6 Å². The van der Waals surface area contributed by atoms with Crippen LogP contribution in [-0.2, 0) is 9.59 Å². The van der Waals surface area contributed by atoms with E-state index in [-0.39, 0.29) is 11.6 Å². The summed E-state index contributed by atoms with van der Waals surface area (Å²) in [4.78, 5) is 22.8. The van der Waals surface area contributed by atoms with Crippen LogP contribution >= 0.6 is 11.6 Å². The Hall–Kier alpha value is -1.41. The molecule has 3 heteroatoms. The number of ketones is 2. The minimum atomic E-state index is -0.777. The first-order valence-corrected chi connectivity index (χ1v) is 4.86. The maximum Gasteiger partial charge on any atom is 0.169 e. The first-order valence-electron chi connectivity index (χ1n) is 4.48. The molecule has 0 aliphatic carbocycles. The number of allylic oxidation sites excluding steroid dienone is 1. The van der Waals surface area contributed by atoms with Gasteiger partial charge in [0.15, 0.2) is 5.78 Å². The smallest absolute Gasteiger partial charge is 0.169 e. The molecule has 0 bridgehead atoms. The van der Waals surface area contributed by atoms with Crippen LogP contribution in [0.25, 0.3) is 0 Å². The SMILES string of the molecule is C=CC(=O)C(C(C)=O)c1cccc(Cl)c1. The van der Waals surface area contributed by atoms with E-state index in [9.17, 15) is 9.59 Å². The lowest BCUT2D eigenvalue weighted by molar-refractivity contribution is -0.125. The van der Waals surface area contributed by atoms with Crippen molar-refractivity contribution in [3.05, 3.63) is 47.5 Å². The molecule has 1 aromatic rings. The third-order valence-electron chi connectivity index (χ3n) is 2.07. The highest BCUT2D eigenvalue weighted by molar-refractivity contribution is 6.30. The van der Waals surface area contributed by atoms with Crippen molar-refractivity contribution in [2.45, 2.75) is 12.8 Å². The van der Waals surface area contributed by atoms with E-state index in [0.717, 1.165) is 6.08 Å². The summed E-state index contributed by atoms with van der Waals surface area (Å²) in [6, 6.07) is 6.74. The Morgan fingerprint density at radius 2 is 2.13 bits per heavy atom. The predicted octanol–water partition coefficient (Wildman–Crippen LogP) is 2.77. The van der Waals surface area contributed by atoms with Gasteiger partial charge in [0.1, 0.15) is 11.7 Å². The average molecular weight is 223 g/mol. The summed E-state index contributed by atoms with van der Waals surface area (Å²) in [5.41, 5.74) is 0.611. The molecule has 0 radical (unpaired) electrons. The van der Waals surface area contributed by atoms with E-state index in [0.29, 0.717) is 10.6 Å². The number of benzene rings is 1. The van der Waals surface area contributed by atoms with Gasteiger partial charge in [-0.3, -0.25) is 9.59 Å². The van der Waals surface area contributed by atoms with E-state index in [2.05, 4.69) is 6.58 Å². The molecule has 1 rings (SSSR count). The van der Waals surface area contributed by atoms with Crippen molar-refractivity contribution in [3.8, 4) is 0 Å². The zero-order chi connectivity index (χ0) is 11.4. The molecule has 0 fully saturated rings. The van der Waals surface area contributed by atoms with E-state index in [1.807, 2.05) is 0 Å². The molecule has 2 nitrogen and oxygen atoms in total. The highest BCUT2D eigenvalue weighted by Crippen LogP contribution is 2.21. The van der Waals surface area contributed by atoms with Gasteiger partial charge >= 0.3 is 0 Å². The number of carbonyl (C=O) groups is 2. The lowest BCUT2D eigenvalue weighted by Crippen LogP contribution is -2.17. The van der Waals surface area contributed by atoms with Crippen molar-refractivity contribution in [1.82, 2.24) is 0 Å². The standard InChI is InChI=1S/C12H11ClO2/c1-3-11(15)12(8(2)14)9-5-4-6-10(13)7-9/h3-7,12H,1H2,2H3. The molecule has 0 saturated carbocycles.